The van der Waals surface area contributed by atoms with E-state index in [1.165, 1.54) is 7.05 Å². The second-order valence-electron chi connectivity index (χ2n) is 7.70. The van der Waals surface area contributed by atoms with Crippen LogP contribution in [0.5, 0.6) is 0 Å². The number of hydrogen-bond acceptors (Lipinski definition) is 3. The van der Waals surface area contributed by atoms with E-state index in [2.05, 4.69) is 20.8 Å². The molecular weight excluding hydrogens is 346 g/mol. The Morgan fingerprint density at radius 2 is 1.46 bits per heavy atom. The highest BCUT2D eigenvalue weighted by molar-refractivity contribution is 7.89. The van der Waals surface area contributed by atoms with Gasteiger partial charge in [0.15, 0.2) is 5.78 Å². The summed E-state index contributed by atoms with van der Waals surface area (Å²) in [5, 5.41) is 0. The van der Waals surface area contributed by atoms with Crippen molar-refractivity contribution in [3.8, 4) is 0 Å². The monoisotopic (exact) mass is 373 g/mol. The van der Waals surface area contributed by atoms with Crippen LogP contribution in [0.15, 0.2) is 53.4 Å². The Morgan fingerprint density at radius 1 is 0.962 bits per heavy atom. The Kier molecular flexibility index (Phi) is 5.73. The molecule has 2 aromatic rings. The van der Waals surface area contributed by atoms with Crippen molar-refractivity contribution in [3.05, 3.63) is 65.2 Å². The molecule has 0 fully saturated rings. The molecule has 1 unspecified atom stereocenters. The number of sulfonamides is 1. The molecule has 0 N–H and O–H groups in total. The van der Waals surface area contributed by atoms with Crippen molar-refractivity contribution < 1.29 is 13.2 Å². The minimum Gasteiger partial charge on any atom is -0.292 e. The number of Topliss-reactive ketones (excluding diaryl/α,β-unsaturated/α-hetero) is 1. The van der Waals surface area contributed by atoms with E-state index in [1.54, 1.807) is 31.2 Å². The number of ketones is 1. The van der Waals surface area contributed by atoms with Gasteiger partial charge < -0.3 is 0 Å². The third-order valence-electron chi connectivity index (χ3n) is 4.66. The minimum atomic E-state index is -3.75. The molecule has 0 heterocycles. The van der Waals surface area contributed by atoms with Gasteiger partial charge in [-0.15, -0.1) is 0 Å². The zero-order chi connectivity index (χ0) is 19.7. The van der Waals surface area contributed by atoms with Crippen LogP contribution in [0.25, 0.3) is 0 Å². The predicted octanol–water partition coefficient (Wildman–Crippen LogP) is 4.18. The summed E-state index contributed by atoms with van der Waals surface area (Å²) in [6, 6.07) is 13.2. The van der Waals surface area contributed by atoms with Gasteiger partial charge in [0.05, 0.1) is 10.9 Å². The maximum Gasteiger partial charge on any atom is 0.243 e. The van der Waals surface area contributed by atoms with Crippen molar-refractivity contribution in [2.75, 3.05) is 7.05 Å². The van der Waals surface area contributed by atoms with Crippen LogP contribution in [0.1, 0.15) is 49.2 Å². The van der Waals surface area contributed by atoms with Gasteiger partial charge in [-0.2, -0.15) is 4.31 Å². The van der Waals surface area contributed by atoms with Crippen LogP contribution in [0.2, 0.25) is 0 Å². The van der Waals surface area contributed by atoms with Gasteiger partial charge in [-0.25, -0.2) is 8.42 Å². The number of carbonyl (C=O) groups is 1. The van der Waals surface area contributed by atoms with Crippen molar-refractivity contribution >= 4 is 15.8 Å². The van der Waals surface area contributed by atoms with Crippen molar-refractivity contribution in [1.29, 1.82) is 0 Å². The standard InChI is InChI=1S/C21H27NO3S/c1-15-7-9-17(10-8-15)20(23)16(2)22(6)26(24,25)19-13-11-18(12-14-19)21(3,4)5/h7-14,16H,1-6H3. The van der Waals surface area contributed by atoms with Gasteiger partial charge in [-0.05, 0) is 37.0 Å². The molecule has 0 saturated carbocycles. The Hall–Kier alpha value is -1.98. The van der Waals surface area contributed by atoms with E-state index >= 15 is 0 Å². The predicted molar refractivity (Wildman–Crippen MR) is 105 cm³/mol. The normalized spacial score (nSPS) is 13.7. The van der Waals surface area contributed by atoms with E-state index in [9.17, 15) is 13.2 Å². The molecule has 2 aromatic carbocycles. The zero-order valence-corrected chi connectivity index (χ0v) is 17.1. The minimum absolute atomic E-state index is 0.0527. The molecule has 0 bridgehead atoms. The SMILES string of the molecule is Cc1ccc(C(=O)C(C)N(C)S(=O)(=O)c2ccc(C(C)(C)C)cc2)cc1. The van der Waals surface area contributed by atoms with E-state index < -0.39 is 16.1 Å². The molecule has 1 atom stereocenters. The van der Waals surface area contributed by atoms with Crippen LogP contribution >= 0.6 is 0 Å². The molecule has 4 nitrogen and oxygen atoms in total. The van der Waals surface area contributed by atoms with Gasteiger partial charge in [-0.1, -0.05) is 62.7 Å². The molecule has 140 valence electrons. The van der Waals surface area contributed by atoms with Crippen molar-refractivity contribution in [2.45, 2.75) is 51.0 Å². The molecule has 2 rings (SSSR count). The summed E-state index contributed by atoms with van der Waals surface area (Å²) in [4.78, 5) is 12.8. The van der Waals surface area contributed by atoms with Crippen LogP contribution in [0.4, 0.5) is 0 Å². The second kappa shape index (κ2) is 7.33. The lowest BCUT2D eigenvalue weighted by Crippen LogP contribution is -2.40. The quantitative estimate of drug-likeness (QED) is 0.739. The second-order valence-corrected chi connectivity index (χ2v) is 9.70. The van der Waals surface area contributed by atoms with Crippen molar-refractivity contribution in [1.82, 2.24) is 4.31 Å². The third-order valence-corrected chi connectivity index (χ3v) is 6.60. The Morgan fingerprint density at radius 3 is 1.92 bits per heavy atom. The summed E-state index contributed by atoms with van der Waals surface area (Å²) in [7, 11) is -2.30. The zero-order valence-electron chi connectivity index (χ0n) is 16.3. The fourth-order valence-electron chi connectivity index (χ4n) is 2.63. The van der Waals surface area contributed by atoms with E-state index in [4.69, 9.17) is 0 Å². The van der Waals surface area contributed by atoms with Crippen molar-refractivity contribution in [3.63, 3.8) is 0 Å². The van der Waals surface area contributed by atoms with Crippen LogP contribution in [-0.2, 0) is 15.4 Å². The lowest BCUT2D eigenvalue weighted by atomic mass is 9.87. The first kappa shape index (κ1) is 20.3. The Balaban J connectivity index is 2.27. The lowest BCUT2D eigenvalue weighted by Gasteiger charge is -2.24. The Labute approximate surface area is 156 Å². The third kappa shape index (κ3) is 4.22. The maximum absolute atomic E-state index is 12.9. The first-order chi connectivity index (χ1) is 11.9. The Bertz CT molecular complexity index is 876. The highest BCUT2D eigenvalue weighted by Gasteiger charge is 2.30. The van der Waals surface area contributed by atoms with Crippen LogP contribution in [0.3, 0.4) is 0 Å². The summed E-state index contributed by atoms with van der Waals surface area (Å²) >= 11 is 0. The fourth-order valence-corrected chi connectivity index (χ4v) is 3.95. The summed E-state index contributed by atoms with van der Waals surface area (Å²) in [5.74, 6) is -0.220. The number of rotatable bonds is 5. The van der Waals surface area contributed by atoms with Crippen LogP contribution in [0, 0.1) is 6.92 Å². The molecule has 5 heteroatoms. The molecule has 0 radical (unpaired) electrons. The molecule has 0 amide bonds. The van der Waals surface area contributed by atoms with E-state index in [0.717, 1.165) is 15.4 Å². The van der Waals surface area contributed by atoms with E-state index in [1.807, 2.05) is 31.2 Å². The van der Waals surface area contributed by atoms with Crippen LogP contribution in [-0.4, -0.2) is 31.6 Å². The topological polar surface area (TPSA) is 54.5 Å². The molecular formula is C21H27NO3S. The summed E-state index contributed by atoms with van der Waals surface area (Å²) < 4.78 is 26.9. The summed E-state index contributed by atoms with van der Waals surface area (Å²) in [6.07, 6.45) is 0. The number of nitrogens with zero attached hydrogens (tertiary/aromatic N) is 1. The van der Waals surface area contributed by atoms with Gasteiger partial charge in [0.2, 0.25) is 10.0 Å². The first-order valence-electron chi connectivity index (χ1n) is 8.64. The van der Waals surface area contributed by atoms with Gasteiger partial charge in [0.1, 0.15) is 0 Å². The van der Waals surface area contributed by atoms with Gasteiger partial charge in [-0.3, -0.25) is 4.79 Å². The molecule has 0 aliphatic carbocycles. The highest BCUT2D eigenvalue weighted by atomic mass is 32.2. The fraction of sp³-hybridized carbons (Fsp3) is 0.381. The molecule has 0 spiro atoms. The summed E-state index contributed by atoms with van der Waals surface area (Å²) in [6.45, 7) is 9.78. The van der Waals surface area contributed by atoms with Crippen LogP contribution < -0.4 is 0 Å². The molecule has 0 aromatic heterocycles. The number of aryl methyl sites for hydroxylation is 1. The summed E-state index contributed by atoms with van der Waals surface area (Å²) in [5.41, 5.74) is 2.56. The van der Waals surface area contributed by atoms with E-state index in [0.29, 0.717) is 5.56 Å². The number of carbonyl (C=O) groups excluding carboxylic acids is 1. The van der Waals surface area contributed by atoms with Gasteiger partial charge >= 0.3 is 0 Å². The highest BCUT2D eigenvalue weighted by Crippen LogP contribution is 2.25. The molecule has 0 aliphatic rings. The largest absolute Gasteiger partial charge is 0.292 e. The number of likely N-dealkylation sites (N-methyl/N-ethyl adjacent to an activating group) is 1. The van der Waals surface area contributed by atoms with Gasteiger partial charge in [0, 0.05) is 12.6 Å². The molecule has 0 aliphatic heterocycles. The first-order valence-corrected chi connectivity index (χ1v) is 10.1. The maximum atomic E-state index is 12.9. The smallest absolute Gasteiger partial charge is 0.243 e. The van der Waals surface area contributed by atoms with E-state index in [-0.39, 0.29) is 16.1 Å². The average molecular weight is 374 g/mol. The van der Waals surface area contributed by atoms with Crippen molar-refractivity contribution in [2.24, 2.45) is 0 Å². The van der Waals surface area contributed by atoms with Gasteiger partial charge in [0.25, 0.3) is 0 Å². The molecule has 26 heavy (non-hydrogen) atoms. The number of hydrogen-bond donors (Lipinski definition) is 0. The lowest BCUT2D eigenvalue weighted by molar-refractivity contribution is 0.0919. The molecule has 0 saturated heterocycles. The number of benzene rings is 2. The average Bonchev–Trinajstić information content (AvgIpc) is 2.59.